The Balaban J connectivity index is 3.08. The second-order valence-corrected chi connectivity index (χ2v) is 5.83. The number of rotatable bonds is 2. The molecule has 1 atom stereocenters. The van der Waals surface area contributed by atoms with Gasteiger partial charge in [0.25, 0.3) is 0 Å². The van der Waals surface area contributed by atoms with Gasteiger partial charge in [0, 0.05) is 4.47 Å². The van der Waals surface area contributed by atoms with Gasteiger partial charge in [-0.05, 0) is 29.5 Å². The molecule has 0 saturated carbocycles. The number of hydrogen-bond donors (Lipinski definition) is 2. The minimum absolute atomic E-state index is 0.106. The Hall–Kier alpha value is -0.380. The predicted molar refractivity (Wildman–Crippen MR) is 68.4 cm³/mol. The topological polar surface area (TPSA) is 38.0 Å². The highest BCUT2D eigenvalue weighted by Gasteiger charge is 2.25. The van der Waals surface area contributed by atoms with E-state index < -0.39 is 0 Å². The second kappa shape index (κ2) is 4.64. The number of halogens is 1. The summed E-state index contributed by atoms with van der Waals surface area (Å²) in [6.45, 7) is 8.61. The summed E-state index contributed by atoms with van der Waals surface area (Å²) in [5.74, 6) is 5.62. The Morgan fingerprint density at radius 3 is 2.33 bits per heavy atom. The third-order valence-electron chi connectivity index (χ3n) is 2.55. The third-order valence-corrected chi connectivity index (χ3v) is 3.44. The first-order valence-electron chi connectivity index (χ1n) is 5.08. The maximum atomic E-state index is 5.62. The van der Waals surface area contributed by atoms with E-state index in [1.807, 2.05) is 0 Å². The van der Waals surface area contributed by atoms with Crippen LogP contribution in [0, 0.1) is 12.3 Å². The van der Waals surface area contributed by atoms with Crippen molar-refractivity contribution in [1.29, 1.82) is 0 Å². The fourth-order valence-electron chi connectivity index (χ4n) is 1.69. The summed E-state index contributed by atoms with van der Waals surface area (Å²) >= 11 is 3.50. The molecule has 0 aliphatic rings. The highest BCUT2D eigenvalue weighted by Crippen LogP contribution is 2.33. The smallest absolute Gasteiger partial charge is 0.0508 e. The lowest BCUT2D eigenvalue weighted by Gasteiger charge is -2.30. The van der Waals surface area contributed by atoms with Gasteiger partial charge >= 0.3 is 0 Å². The average Bonchev–Trinajstić information content (AvgIpc) is 2.10. The molecule has 0 aliphatic carbocycles. The monoisotopic (exact) mass is 270 g/mol. The standard InChI is InChI=1S/C12H19BrN2/c1-8-7-9(5-6-10(8)13)11(15-14)12(2,3)4/h5-7,11,15H,14H2,1-4H3. The Morgan fingerprint density at radius 1 is 1.33 bits per heavy atom. The molecule has 0 aliphatic heterocycles. The number of hydrazine groups is 1. The van der Waals surface area contributed by atoms with Crippen LogP contribution >= 0.6 is 15.9 Å². The lowest BCUT2D eigenvalue weighted by Crippen LogP contribution is -2.36. The van der Waals surface area contributed by atoms with E-state index in [0.29, 0.717) is 0 Å². The van der Waals surface area contributed by atoms with Gasteiger partial charge in [0.1, 0.15) is 0 Å². The van der Waals surface area contributed by atoms with Crippen LogP contribution in [0.25, 0.3) is 0 Å². The van der Waals surface area contributed by atoms with Gasteiger partial charge in [-0.25, -0.2) is 0 Å². The molecule has 0 saturated heterocycles. The van der Waals surface area contributed by atoms with E-state index in [-0.39, 0.29) is 11.5 Å². The van der Waals surface area contributed by atoms with Gasteiger partial charge in [-0.1, -0.05) is 48.8 Å². The summed E-state index contributed by atoms with van der Waals surface area (Å²) in [5, 5.41) is 0. The maximum Gasteiger partial charge on any atom is 0.0508 e. The molecule has 1 rings (SSSR count). The molecule has 1 unspecified atom stereocenters. The first-order valence-corrected chi connectivity index (χ1v) is 5.87. The van der Waals surface area contributed by atoms with Crippen LogP contribution in [-0.2, 0) is 0 Å². The molecule has 0 bridgehead atoms. The molecule has 1 aromatic rings. The van der Waals surface area contributed by atoms with E-state index in [0.717, 1.165) is 4.47 Å². The van der Waals surface area contributed by atoms with Crippen molar-refractivity contribution in [2.75, 3.05) is 0 Å². The molecule has 84 valence electrons. The molecular weight excluding hydrogens is 252 g/mol. The summed E-state index contributed by atoms with van der Waals surface area (Å²) in [7, 11) is 0. The molecule has 3 heteroatoms. The zero-order chi connectivity index (χ0) is 11.6. The van der Waals surface area contributed by atoms with Crippen molar-refractivity contribution in [3.63, 3.8) is 0 Å². The molecule has 1 aromatic carbocycles. The van der Waals surface area contributed by atoms with E-state index in [9.17, 15) is 0 Å². The van der Waals surface area contributed by atoms with Gasteiger partial charge in [-0.2, -0.15) is 0 Å². The fraction of sp³-hybridized carbons (Fsp3) is 0.500. The first-order chi connectivity index (χ1) is 6.86. The number of nitrogens with two attached hydrogens (primary N) is 1. The Labute approximate surface area is 100 Å². The van der Waals surface area contributed by atoms with Gasteiger partial charge in [0.15, 0.2) is 0 Å². The molecule has 0 fully saturated rings. The van der Waals surface area contributed by atoms with Crippen molar-refractivity contribution in [2.24, 2.45) is 11.3 Å². The van der Waals surface area contributed by atoms with Gasteiger partial charge < -0.3 is 0 Å². The summed E-state index contributed by atoms with van der Waals surface area (Å²) in [6.07, 6.45) is 0. The van der Waals surface area contributed by atoms with Crippen LogP contribution in [0.3, 0.4) is 0 Å². The van der Waals surface area contributed by atoms with Crippen LogP contribution in [0.4, 0.5) is 0 Å². The van der Waals surface area contributed by atoms with Crippen molar-refractivity contribution < 1.29 is 0 Å². The molecule has 3 N–H and O–H groups in total. The quantitative estimate of drug-likeness (QED) is 0.639. The summed E-state index contributed by atoms with van der Waals surface area (Å²) < 4.78 is 1.14. The van der Waals surface area contributed by atoms with Gasteiger partial charge in [-0.15, -0.1) is 0 Å². The second-order valence-electron chi connectivity index (χ2n) is 4.97. The summed E-state index contributed by atoms with van der Waals surface area (Å²) in [5.41, 5.74) is 5.46. The Kier molecular flexibility index (Phi) is 3.93. The fourth-order valence-corrected chi connectivity index (χ4v) is 1.94. The molecule has 0 heterocycles. The molecule has 0 radical (unpaired) electrons. The maximum absolute atomic E-state index is 5.62. The number of aryl methyl sites for hydroxylation is 1. The number of hydrogen-bond acceptors (Lipinski definition) is 2. The zero-order valence-corrected chi connectivity index (χ0v) is 11.4. The van der Waals surface area contributed by atoms with Crippen LogP contribution in [0.2, 0.25) is 0 Å². The van der Waals surface area contributed by atoms with Gasteiger partial charge in [0.2, 0.25) is 0 Å². The third kappa shape index (κ3) is 3.03. The molecule has 0 amide bonds. The van der Waals surface area contributed by atoms with Crippen LogP contribution < -0.4 is 11.3 Å². The molecule has 0 spiro atoms. The van der Waals surface area contributed by atoms with Gasteiger partial charge in [-0.3, -0.25) is 11.3 Å². The van der Waals surface area contributed by atoms with Crippen LogP contribution in [0.5, 0.6) is 0 Å². The lowest BCUT2D eigenvalue weighted by molar-refractivity contribution is 0.275. The first kappa shape index (κ1) is 12.7. The van der Waals surface area contributed by atoms with E-state index >= 15 is 0 Å². The summed E-state index contributed by atoms with van der Waals surface area (Å²) in [6, 6.07) is 6.51. The molecule has 0 aromatic heterocycles. The van der Waals surface area contributed by atoms with Crippen LogP contribution in [0.15, 0.2) is 22.7 Å². The van der Waals surface area contributed by atoms with Gasteiger partial charge in [0.05, 0.1) is 6.04 Å². The highest BCUT2D eigenvalue weighted by molar-refractivity contribution is 9.10. The van der Waals surface area contributed by atoms with E-state index in [2.05, 4.69) is 67.2 Å². The predicted octanol–water partition coefficient (Wildman–Crippen LogP) is 3.31. The minimum Gasteiger partial charge on any atom is -0.271 e. The minimum atomic E-state index is 0.106. The van der Waals surface area contributed by atoms with Crippen LogP contribution in [0.1, 0.15) is 37.9 Å². The number of nitrogens with one attached hydrogen (secondary N) is 1. The van der Waals surface area contributed by atoms with E-state index in [4.69, 9.17) is 5.84 Å². The Bertz CT molecular complexity index is 342. The lowest BCUT2D eigenvalue weighted by atomic mass is 9.82. The molecule has 2 nitrogen and oxygen atoms in total. The number of benzene rings is 1. The van der Waals surface area contributed by atoms with Crippen molar-refractivity contribution in [2.45, 2.75) is 33.7 Å². The van der Waals surface area contributed by atoms with E-state index in [1.165, 1.54) is 11.1 Å². The Morgan fingerprint density at radius 2 is 1.93 bits per heavy atom. The highest BCUT2D eigenvalue weighted by atomic mass is 79.9. The summed E-state index contributed by atoms with van der Waals surface area (Å²) in [4.78, 5) is 0. The normalized spacial score (nSPS) is 14.0. The van der Waals surface area contributed by atoms with Crippen molar-refractivity contribution >= 4 is 15.9 Å². The van der Waals surface area contributed by atoms with E-state index in [1.54, 1.807) is 0 Å². The van der Waals surface area contributed by atoms with Crippen LogP contribution in [-0.4, -0.2) is 0 Å². The molecular formula is C12H19BrN2. The average molecular weight is 271 g/mol. The largest absolute Gasteiger partial charge is 0.271 e. The van der Waals surface area contributed by atoms with Crippen molar-refractivity contribution in [3.8, 4) is 0 Å². The van der Waals surface area contributed by atoms with Crippen molar-refractivity contribution in [3.05, 3.63) is 33.8 Å². The SMILES string of the molecule is Cc1cc(C(NN)C(C)(C)C)ccc1Br. The van der Waals surface area contributed by atoms with Crippen molar-refractivity contribution in [1.82, 2.24) is 5.43 Å². The molecule has 15 heavy (non-hydrogen) atoms. The zero-order valence-electron chi connectivity index (χ0n) is 9.76.